The van der Waals surface area contributed by atoms with Crippen LogP contribution in [0.15, 0.2) is 0 Å². The van der Waals surface area contributed by atoms with Gasteiger partial charge in [0.05, 0.1) is 6.61 Å². The van der Waals surface area contributed by atoms with Gasteiger partial charge in [-0.2, -0.15) is 0 Å². The third-order valence-corrected chi connectivity index (χ3v) is 0.785. The number of carbonyl (C=O) groups is 2. The summed E-state index contributed by atoms with van der Waals surface area (Å²) in [5, 5.41) is 0. The normalized spacial score (nSPS) is 7.18. The van der Waals surface area contributed by atoms with E-state index in [4.69, 9.17) is 0 Å². The van der Waals surface area contributed by atoms with Crippen molar-refractivity contribution in [2.75, 3.05) is 13.2 Å². The van der Waals surface area contributed by atoms with Crippen molar-refractivity contribution in [3.05, 3.63) is 0 Å². The third-order valence-electron chi connectivity index (χ3n) is 0.482. The van der Waals surface area contributed by atoms with Crippen LogP contribution in [0, 0.1) is 0 Å². The van der Waals surface area contributed by atoms with Crippen LogP contribution >= 0.6 is 0 Å². The molecule has 0 heterocycles. The van der Waals surface area contributed by atoms with E-state index in [0.717, 1.165) is 0 Å². The van der Waals surface area contributed by atoms with Crippen molar-refractivity contribution in [3.8, 4) is 0 Å². The molecule has 0 saturated heterocycles. The van der Waals surface area contributed by atoms with Crippen LogP contribution in [0.1, 0.15) is 6.92 Å². The second kappa shape index (κ2) is 16.3. The molecule has 0 aliphatic carbocycles. The SMILES string of the molecule is CCOC=O.O=COC[CH2][Ag]. The van der Waals surface area contributed by atoms with Gasteiger partial charge in [0.25, 0.3) is 6.47 Å². The van der Waals surface area contributed by atoms with Gasteiger partial charge in [0.2, 0.25) is 0 Å². The van der Waals surface area contributed by atoms with Gasteiger partial charge in [-0.15, -0.1) is 0 Å². The molecular weight excluding hydrogens is 244 g/mol. The van der Waals surface area contributed by atoms with Crippen LogP contribution in [0.25, 0.3) is 0 Å². The average molecular weight is 255 g/mol. The first-order valence-electron chi connectivity index (χ1n) is 2.94. The number of carbonyl (C=O) groups excluding carboxylic acids is 2. The Labute approximate surface area is 78.2 Å². The molecule has 5 heteroatoms. The van der Waals surface area contributed by atoms with Gasteiger partial charge in [-0.25, -0.2) is 0 Å². The molecule has 0 fully saturated rings. The molecule has 0 aliphatic heterocycles. The van der Waals surface area contributed by atoms with Crippen molar-refractivity contribution in [3.63, 3.8) is 0 Å². The Morgan fingerprint density at radius 2 is 1.82 bits per heavy atom. The first kappa shape index (κ1) is 13.3. The summed E-state index contributed by atoms with van der Waals surface area (Å²) >= 11 is 3.08. The maximum atomic E-state index is 9.32. The van der Waals surface area contributed by atoms with Crippen LogP contribution in [0.4, 0.5) is 0 Å². The third kappa shape index (κ3) is 26.1. The first-order valence-corrected chi connectivity index (χ1v) is 3.99. The molecule has 0 N–H and O–H groups in total. The quantitative estimate of drug-likeness (QED) is 0.403. The van der Waals surface area contributed by atoms with Gasteiger partial charge in [0.1, 0.15) is 0 Å². The van der Waals surface area contributed by atoms with E-state index in [1.165, 1.54) is 0 Å². The van der Waals surface area contributed by atoms with Gasteiger partial charge in [0, 0.05) is 0 Å². The molecular formula is C6H11AgO4. The number of ether oxygens (including phenoxy) is 2. The monoisotopic (exact) mass is 254 g/mol. The Balaban J connectivity index is 0. The number of hydrogen-bond donors (Lipinski definition) is 0. The fourth-order valence-electron chi connectivity index (χ4n) is 0.152. The van der Waals surface area contributed by atoms with Crippen molar-refractivity contribution < 1.29 is 40.1 Å². The zero-order valence-electron chi connectivity index (χ0n) is 6.21. The second-order valence-corrected chi connectivity index (χ2v) is 1.91. The Morgan fingerprint density at radius 3 is 1.91 bits per heavy atom. The molecule has 0 radical (unpaired) electrons. The van der Waals surface area contributed by atoms with Gasteiger partial charge in [0.15, 0.2) is 0 Å². The molecule has 0 bridgehead atoms. The average Bonchev–Trinajstić information content (AvgIpc) is 2.04. The standard InChI is InChI=1S/C3H6O2.C3H5O2.Ag/c2*1-2-5-3-4;/h3H,2H2,1H3;3H,1-2H2;. The van der Waals surface area contributed by atoms with E-state index in [1.54, 1.807) is 6.92 Å². The molecule has 0 spiro atoms. The van der Waals surface area contributed by atoms with Crippen molar-refractivity contribution in [1.29, 1.82) is 0 Å². The molecule has 0 aromatic carbocycles. The summed E-state index contributed by atoms with van der Waals surface area (Å²) in [6.45, 7) is 3.56. The molecule has 0 amide bonds. The fraction of sp³-hybridized carbons (Fsp3) is 0.667. The van der Waals surface area contributed by atoms with Gasteiger partial charge in [-0.05, 0) is 6.92 Å². The zero-order chi connectivity index (χ0) is 8.95. The number of rotatable bonds is 5. The van der Waals surface area contributed by atoms with E-state index in [1.807, 2.05) is 0 Å². The molecule has 0 saturated carbocycles. The minimum atomic E-state index is 0.431. The Morgan fingerprint density at radius 1 is 1.27 bits per heavy atom. The molecule has 0 aromatic rings. The Kier molecular flexibility index (Phi) is 19.7. The van der Waals surface area contributed by atoms with Crippen molar-refractivity contribution in [2.45, 2.75) is 11.6 Å². The summed E-state index contributed by atoms with van der Waals surface area (Å²) < 4.78 is 9.12. The summed E-state index contributed by atoms with van der Waals surface area (Å²) in [7, 11) is 0. The molecule has 0 unspecified atom stereocenters. The van der Waals surface area contributed by atoms with E-state index < -0.39 is 0 Å². The van der Waals surface area contributed by atoms with Gasteiger partial charge in [-0.1, -0.05) is 0 Å². The van der Waals surface area contributed by atoms with Crippen LogP contribution in [0.5, 0.6) is 0 Å². The molecule has 0 aliphatic rings. The Bertz CT molecular complexity index is 86.7. The molecule has 4 nitrogen and oxygen atoms in total. The molecule has 0 aromatic heterocycles. The summed E-state index contributed by atoms with van der Waals surface area (Å²) in [4.78, 5) is 18.5. The number of hydrogen-bond acceptors (Lipinski definition) is 4. The van der Waals surface area contributed by atoms with Gasteiger partial charge in [-0.3, -0.25) is 4.79 Å². The van der Waals surface area contributed by atoms with E-state index in [0.29, 0.717) is 30.8 Å². The van der Waals surface area contributed by atoms with Crippen LogP contribution in [0.2, 0.25) is 4.64 Å². The minimum absolute atomic E-state index is 0.431. The van der Waals surface area contributed by atoms with Crippen LogP contribution in [-0.4, -0.2) is 26.2 Å². The summed E-state index contributed by atoms with van der Waals surface area (Å²) in [6, 6.07) is 0. The Hall–Kier alpha value is -0.320. The summed E-state index contributed by atoms with van der Waals surface area (Å²) in [5.41, 5.74) is 0. The van der Waals surface area contributed by atoms with Gasteiger partial charge >= 0.3 is 48.3 Å². The second-order valence-electron chi connectivity index (χ2n) is 1.17. The maximum absolute atomic E-state index is 9.32. The summed E-state index contributed by atoms with van der Waals surface area (Å²) in [5.74, 6) is 0. The van der Waals surface area contributed by atoms with E-state index in [9.17, 15) is 9.59 Å². The molecule has 0 atom stereocenters. The first-order chi connectivity index (χ1) is 5.33. The van der Waals surface area contributed by atoms with E-state index in [-0.39, 0.29) is 0 Å². The van der Waals surface area contributed by atoms with E-state index in [2.05, 4.69) is 30.5 Å². The predicted molar refractivity (Wildman–Crippen MR) is 34.5 cm³/mol. The zero-order valence-corrected chi connectivity index (χ0v) is 7.69. The predicted octanol–water partition coefficient (Wildman–Crippen LogP) is 0.304. The molecule has 70 valence electrons. The molecule has 0 rings (SSSR count). The van der Waals surface area contributed by atoms with Crippen LogP contribution in [0.3, 0.4) is 0 Å². The van der Waals surface area contributed by atoms with E-state index >= 15 is 0 Å². The van der Waals surface area contributed by atoms with Crippen molar-refractivity contribution in [2.24, 2.45) is 0 Å². The summed E-state index contributed by atoms with van der Waals surface area (Å²) in [6.07, 6.45) is 0. The topological polar surface area (TPSA) is 52.6 Å². The van der Waals surface area contributed by atoms with Crippen LogP contribution < -0.4 is 0 Å². The fourth-order valence-corrected chi connectivity index (χ4v) is 0.326. The van der Waals surface area contributed by atoms with Crippen LogP contribution in [-0.2, 0) is 40.1 Å². The van der Waals surface area contributed by atoms with Gasteiger partial charge < -0.3 is 4.74 Å². The van der Waals surface area contributed by atoms with Crippen molar-refractivity contribution >= 4 is 12.9 Å². The molecule has 11 heavy (non-hydrogen) atoms. The van der Waals surface area contributed by atoms with Crippen molar-refractivity contribution in [1.82, 2.24) is 0 Å².